The van der Waals surface area contributed by atoms with Gasteiger partial charge in [-0.25, -0.2) is 4.79 Å². The van der Waals surface area contributed by atoms with E-state index in [0.717, 1.165) is 12.8 Å². The molecule has 0 fully saturated rings. The highest BCUT2D eigenvalue weighted by Gasteiger charge is 2.00. The molecular weight excluding hydrogens is 258 g/mol. The van der Waals surface area contributed by atoms with Gasteiger partial charge in [0.1, 0.15) is 0 Å². The maximum absolute atomic E-state index is 11.4. The molecule has 3 N–H and O–H groups in total. The van der Waals surface area contributed by atoms with Crippen molar-refractivity contribution in [1.82, 2.24) is 15.2 Å². The molecule has 0 aromatic carbocycles. The Morgan fingerprint density at radius 2 is 2.05 bits per heavy atom. The lowest BCUT2D eigenvalue weighted by atomic mass is 10.3. The molecule has 0 aliphatic rings. The summed E-state index contributed by atoms with van der Waals surface area (Å²) in [5.41, 5.74) is -0.00340. The second-order valence-electron chi connectivity index (χ2n) is 4.76. The van der Waals surface area contributed by atoms with Crippen LogP contribution in [0.15, 0.2) is 29.2 Å². The van der Waals surface area contributed by atoms with Crippen molar-refractivity contribution in [1.29, 1.82) is 0 Å². The van der Waals surface area contributed by atoms with Gasteiger partial charge in [0.05, 0.1) is 6.10 Å². The third kappa shape index (κ3) is 6.94. The number of unbranched alkanes of at least 4 members (excludes halogenated alkanes) is 1. The summed E-state index contributed by atoms with van der Waals surface area (Å²) in [6.07, 6.45) is 3.55. The SMILES string of the molecule is CC(O)CCNC(=O)NCCCCn1ccccc1=O. The molecule has 2 amide bonds. The van der Waals surface area contributed by atoms with E-state index < -0.39 is 6.10 Å². The Hall–Kier alpha value is -1.82. The summed E-state index contributed by atoms with van der Waals surface area (Å²) in [4.78, 5) is 22.8. The van der Waals surface area contributed by atoms with E-state index in [4.69, 9.17) is 5.11 Å². The lowest BCUT2D eigenvalue weighted by Crippen LogP contribution is -2.37. The number of nitrogens with one attached hydrogen (secondary N) is 2. The molecule has 1 unspecified atom stereocenters. The number of amides is 2. The number of aliphatic hydroxyl groups is 1. The summed E-state index contributed by atoms with van der Waals surface area (Å²) in [7, 11) is 0. The number of aliphatic hydroxyl groups excluding tert-OH is 1. The summed E-state index contributed by atoms with van der Waals surface area (Å²) in [5.74, 6) is 0. The number of hydrogen-bond donors (Lipinski definition) is 3. The van der Waals surface area contributed by atoms with E-state index in [1.807, 2.05) is 6.07 Å². The van der Waals surface area contributed by atoms with E-state index in [9.17, 15) is 9.59 Å². The Bertz CT molecular complexity index is 457. The number of nitrogens with zero attached hydrogens (tertiary/aromatic N) is 1. The van der Waals surface area contributed by atoms with Crippen LogP contribution in [0.3, 0.4) is 0 Å². The third-order valence-corrected chi connectivity index (χ3v) is 2.86. The largest absolute Gasteiger partial charge is 0.393 e. The van der Waals surface area contributed by atoms with Gasteiger partial charge in [0.25, 0.3) is 0 Å². The first kappa shape index (κ1) is 16.2. The van der Waals surface area contributed by atoms with E-state index in [-0.39, 0.29) is 11.6 Å². The number of aryl methyl sites for hydroxylation is 1. The zero-order valence-corrected chi connectivity index (χ0v) is 11.8. The van der Waals surface area contributed by atoms with Crippen LogP contribution in [-0.4, -0.2) is 34.9 Å². The first-order valence-electron chi connectivity index (χ1n) is 6.95. The van der Waals surface area contributed by atoms with E-state index >= 15 is 0 Å². The van der Waals surface area contributed by atoms with Gasteiger partial charge in [-0.3, -0.25) is 4.79 Å². The molecule has 20 heavy (non-hydrogen) atoms. The van der Waals surface area contributed by atoms with Gasteiger partial charge in [0.2, 0.25) is 5.56 Å². The number of urea groups is 1. The quantitative estimate of drug-likeness (QED) is 0.613. The van der Waals surface area contributed by atoms with Crippen molar-refractivity contribution in [3.05, 3.63) is 34.7 Å². The van der Waals surface area contributed by atoms with E-state index in [0.29, 0.717) is 26.1 Å². The average Bonchev–Trinajstić information content (AvgIpc) is 2.40. The van der Waals surface area contributed by atoms with Gasteiger partial charge in [0, 0.05) is 31.9 Å². The Balaban J connectivity index is 2.06. The monoisotopic (exact) mass is 281 g/mol. The zero-order chi connectivity index (χ0) is 14.8. The fourth-order valence-electron chi connectivity index (χ4n) is 1.71. The zero-order valence-electron chi connectivity index (χ0n) is 11.8. The summed E-state index contributed by atoms with van der Waals surface area (Å²) < 4.78 is 1.66. The minimum absolute atomic E-state index is 0.00340. The molecule has 1 rings (SSSR count). The number of rotatable bonds is 8. The van der Waals surface area contributed by atoms with Gasteiger partial charge in [-0.15, -0.1) is 0 Å². The molecule has 6 heteroatoms. The van der Waals surface area contributed by atoms with Crippen LogP contribution in [0, 0.1) is 0 Å². The van der Waals surface area contributed by atoms with Crippen molar-refractivity contribution in [2.75, 3.05) is 13.1 Å². The van der Waals surface area contributed by atoms with Gasteiger partial charge in [-0.05, 0) is 32.3 Å². The summed E-state index contributed by atoms with van der Waals surface area (Å²) in [6.45, 7) is 3.38. The standard InChI is InChI=1S/C14H23N3O3/c1-12(18)7-9-16-14(20)15-8-3-5-11-17-10-4-2-6-13(17)19/h2,4,6,10,12,18H,3,5,7-9,11H2,1H3,(H2,15,16,20). The fourth-order valence-corrected chi connectivity index (χ4v) is 1.71. The Morgan fingerprint density at radius 1 is 1.30 bits per heavy atom. The normalized spacial score (nSPS) is 11.9. The van der Waals surface area contributed by atoms with E-state index in [2.05, 4.69) is 10.6 Å². The molecule has 1 atom stereocenters. The second kappa shape index (κ2) is 9.14. The highest BCUT2D eigenvalue weighted by molar-refractivity contribution is 5.73. The highest BCUT2D eigenvalue weighted by Crippen LogP contribution is 1.92. The first-order chi connectivity index (χ1) is 9.59. The van der Waals surface area contributed by atoms with Crippen LogP contribution in [0.25, 0.3) is 0 Å². The molecule has 0 saturated carbocycles. The van der Waals surface area contributed by atoms with Gasteiger partial charge in [-0.1, -0.05) is 6.07 Å². The molecule has 0 aliphatic heterocycles. The van der Waals surface area contributed by atoms with Crippen LogP contribution < -0.4 is 16.2 Å². The third-order valence-electron chi connectivity index (χ3n) is 2.86. The molecule has 0 saturated heterocycles. The summed E-state index contributed by atoms with van der Waals surface area (Å²) in [6, 6.07) is 4.86. The molecule has 0 radical (unpaired) electrons. The van der Waals surface area contributed by atoms with E-state index in [1.54, 1.807) is 23.8 Å². The molecule has 6 nitrogen and oxygen atoms in total. The molecule has 0 bridgehead atoms. The molecule has 1 aromatic rings. The molecular formula is C14H23N3O3. The predicted molar refractivity (Wildman–Crippen MR) is 77.6 cm³/mol. The molecule has 112 valence electrons. The van der Waals surface area contributed by atoms with Gasteiger partial charge in [-0.2, -0.15) is 0 Å². The van der Waals surface area contributed by atoms with Gasteiger partial charge < -0.3 is 20.3 Å². The molecule has 0 aliphatic carbocycles. The lowest BCUT2D eigenvalue weighted by molar-refractivity contribution is 0.183. The number of aromatic nitrogens is 1. The average molecular weight is 281 g/mol. The van der Waals surface area contributed by atoms with Crippen LogP contribution in [-0.2, 0) is 6.54 Å². The highest BCUT2D eigenvalue weighted by atomic mass is 16.3. The van der Waals surface area contributed by atoms with Crippen LogP contribution >= 0.6 is 0 Å². The Kier molecular flexibility index (Phi) is 7.42. The van der Waals surface area contributed by atoms with Crippen LogP contribution in [0.2, 0.25) is 0 Å². The minimum atomic E-state index is -0.403. The van der Waals surface area contributed by atoms with Crippen molar-refractivity contribution in [2.24, 2.45) is 0 Å². The number of carbonyl (C=O) groups is 1. The van der Waals surface area contributed by atoms with Crippen molar-refractivity contribution >= 4 is 6.03 Å². The topological polar surface area (TPSA) is 83.4 Å². The van der Waals surface area contributed by atoms with Gasteiger partial charge in [0.15, 0.2) is 0 Å². The number of hydrogen-bond acceptors (Lipinski definition) is 3. The maximum Gasteiger partial charge on any atom is 0.314 e. The fraction of sp³-hybridized carbons (Fsp3) is 0.571. The first-order valence-corrected chi connectivity index (χ1v) is 6.95. The number of carbonyl (C=O) groups excluding carboxylic acids is 1. The van der Waals surface area contributed by atoms with Gasteiger partial charge >= 0.3 is 6.03 Å². The lowest BCUT2D eigenvalue weighted by Gasteiger charge is -2.09. The van der Waals surface area contributed by atoms with Crippen molar-refractivity contribution in [3.63, 3.8) is 0 Å². The summed E-state index contributed by atoms with van der Waals surface area (Å²) in [5, 5.41) is 14.4. The van der Waals surface area contributed by atoms with Crippen LogP contribution in [0.1, 0.15) is 26.2 Å². The predicted octanol–water partition coefficient (Wildman–Crippen LogP) is 0.699. The van der Waals surface area contributed by atoms with Crippen LogP contribution in [0.4, 0.5) is 4.79 Å². The van der Waals surface area contributed by atoms with Crippen molar-refractivity contribution in [2.45, 2.75) is 38.8 Å². The Labute approximate surface area is 118 Å². The maximum atomic E-state index is 11.4. The van der Waals surface area contributed by atoms with E-state index in [1.165, 1.54) is 6.07 Å². The molecule has 0 spiro atoms. The Morgan fingerprint density at radius 3 is 2.75 bits per heavy atom. The summed E-state index contributed by atoms with van der Waals surface area (Å²) >= 11 is 0. The number of pyridine rings is 1. The minimum Gasteiger partial charge on any atom is -0.393 e. The molecule has 1 aromatic heterocycles. The van der Waals surface area contributed by atoms with Crippen LogP contribution in [0.5, 0.6) is 0 Å². The second-order valence-corrected chi connectivity index (χ2v) is 4.76. The molecule has 1 heterocycles. The van der Waals surface area contributed by atoms with Crippen molar-refractivity contribution < 1.29 is 9.90 Å². The smallest absolute Gasteiger partial charge is 0.314 e. The van der Waals surface area contributed by atoms with Crippen molar-refractivity contribution in [3.8, 4) is 0 Å².